The molecule has 1 aliphatic heterocycles. The van der Waals surface area contributed by atoms with Crippen molar-refractivity contribution in [2.24, 2.45) is 0 Å². The molecule has 112 valence electrons. The highest BCUT2D eigenvalue weighted by atomic mass is 35.5. The summed E-state index contributed by atoms with van der Waals surface area (Å²) in [4.78, 5) is 23.7. The molecule has 6 heteroatoms. The van der Waals surface area contributed by atoms with Crippen molar-refractivity contribution in [3.63, 3.8) is 0 Å². The zero-order valence-corrected chi connectivity index (χ0v) is 12.5. The molecule has 2 aromatic carbocycles. The van der Waals surface area contributed by atoms with Crippen LogP contribution < -0.4 is 15.4 Å². The monoisotopic (exact) mass is 316 g/mol. The van der Waals surface area contributed by atoms with Crippen LogP contribution in [0.15, 0.2) is 36.4 Å². The van der Waals surface area contributed by atoms with E-state index in [0.29, 0.717) is 28.4 Å². The van der Waals surface area contributed by atoms with Crippen LogP contribution in [0.3, 0.4) is 0 Å². The lowest BCUT2D eigenvalue weighted by Gasteiger charge is -2.10. The van der Waals surface area contributed by atoms with Crippen LogP contribution in [-0.2, 0) is 11.2 Å². The zero-order valence-electron chi connectivity index (χ0n) is 11.8. The van der Waals surface area contributed by atoms with E-state index in [9.17, 15) is 9.59 Å². The van der Waals surface area contributed by atoms with Crippen LogP contribution in [0.25, 0.3) is 0 Å². The van der Waals surface area contributed by atoms with Gasteiger partial charge in [0.05, 0.1) is 19.1 Å². The van der Waals surface area contributed by atoms with Gasteiger partial charge in [-0.05, 0) is 42.0 Å². The molecule has 0 saturated heterocycles. The molecule has 0 saturated carbocycles. The van der Waals surface area contributed by atoms with Crippen molar-refractivity contribution >= 4 is 34.8 Å². The van der Waals surface area contributed by atoms with Gasteiger partial charge in [-0.25, -0.2) is 0 Å². The molecular weight excluding hydrogens is 304 g/mol. The highest BCUT2D eigenvalue weighted by molar-refractivity contribution is 6.31. The largest absolute Gasteiger partial charge is 0.496 e. The molecule has 2 N–H and O–H groups in total. The Morgan fingerprint density at radius 1 is 1.27 bits per heavy atom. The summed E-state index contributed by atoms with van der Waals surface area (Å²) in [7, 11) is 1.49. The number of fused-ring (bicyclic) bond motifs is 1. The number of nitrogens with one attached hydrogen (secondary N) is 2. The molecular formula is C16H13ClN2O3. The van der Waals surface area contributed by atoms with Crippen LogP contribution in [-0.4, -0.2) is 18.9 Å². The first-order chi connectivity index (χ1) is 10.6. The van der Waals surface area contributed by atoms with Crippen LogP contribution in [0.1, 0.15) is 15.9 Å². The molecule has 0 radical (unpaired) electrons. The Labute approximate surface area is 132 Å². The number of anilines is 2. The first kappa shape index (κ1) is 14.4. The summed E-state index contributed by atoms with van der Waals surface area (Å²) < 4.78 is 5.17. The Morgan fingerprint density at radius 2 is 2.09 bits per heavy atom. The van der Waals surface area contributed by atoms with Gasteiger partial charge in [-0.2, -0.15) is 0 Å². The van der Waals surface area contributed by atoms with Crippen molar-refractivity contribution < 1.29 is 14.3 Å². The number of halogens is 1. The molecule has 0 spiro atoms. The van der Waals surface area contributed by atoms with Gasteiger partial charge >= 0.3 is 0 Å². The first-order valence-corrected chi connectivity index (χ1v) is 7.02. The minimum absolute atomic E-state index is 0.0463. The topological polar surface area (TPSA) is 67.4 Å². The van der Waals surface area contributed by atoms with Crippen molar-refractivity contribution in [3.8, 4) is 5.75 Å². The lowest BCUT2D eigenvalue weighted by atomic mass is 10.1. The summed E-state index contributed by atoms with van der Waals surface area (Å²) in [6, 6.07) is 10.1. The second-order valence-electron chi connectivity index (χ2n) is 4.90. The highest BCUT2D eigenvalue weighted by Crippen LogP contribution is 2.27. The SMILES string of the molecule is COc1ccc(Cl)cc1C(=O)Nc1ccc2c(c1)CC(=O)N2. The Kier molecular flexibility index (Phi) is 3.73. The van der Waals surface area contributed by atoms with Crippen molar-refractivity contribution in [1.82, 2.24) is 0 Å². The van der Waals surface area contributed by atoms with E-state index >= 15 is 0 Å². The molecule has 0 atom stereocenters. The van der Waals surface area contributed by atoms with Gasteiger partial charge in [-0.3, -0.25) is 9.59 Å². The fraction of sp³-hybridized carbons (Fsp3) is 0.125. The molecule has 22 heavy (non-hydrogen) atoms. The minimum atomic E-state index is -0.323. The number of hydrogen-bond acceptors (Lipinski definition) is 3. The van der Waals surface area contributed by atoms with Gasteiger partial charge in [0.1, 0.15) is 5.75 Å². The number of amides is 2. The highest BCUT2D eigenvalue weighted by Gasteiger charge is 2.19. The van der Waals surface area contributed by atoms with E-state index in [1.165, 1.54) is 7.11 Å². The van der Waals surface area contributed by atoms with Crippen molar-refractivity contribution in [2.45, 2.75) is 6.42 Å². The number of methoxy groups -OCH3 is 1. The summed E-state index contributed by atoms with van der Waals surface area (Å²) in [5, 5.41) is 5.99. The lowest BCUT2D eigenvalue weighted by molar-refractivity contribution is -0.115. The molecule has 2 aromatic rings. The average Bonchev–Trinajstić information content (AvgIpc) is 2.86. The molecule has 0 bridgehead atoms. The molecule has 1 heterocycles. The van der Waals surface area contributed by atoms with Gasteiger partial charge in [0.25, 0.3) is 5.91 Å². The third-order valence-electron chi connectivity index (χ3n) is 3.39. The van der Waals surface area contributed by atoms with Gasteiger partial charge in [0.15, 0.2) is 0 Å². The van der Waals surface area contributed by atoms with Gasteiger partial charge in [-0.1, -0.05) is 11.6 Å². The summed E-state index contributed by atoms with van der Waals surface area (Å²) in [5.74, 6) is 0.0754. The smallest absolute Gasteiger partial charge is 0.259 e. The molecule has 2 amide bonds. The average molecular weight is 317 g/mol. The third kappa shape index (κ3) is 2.76. The van der Waals surface area contributed by atoms with Gasteiger partial charge in [0, 0.05) is 16.4 Å². The maximum Gasteiger partial charge on any atom is 0.259 e. The van der Waals surface area contributed by atoms with Crippen molar-refractivity contribution in [1.29, 1.82) is 0 Å². The summed E-state index contributed by atoms with van der Waals surface area (Å²) in [6.45, 7) is 0. The van der Waals surface area contributed by atoms with E-state index < -0.39 is 0 Å². The number of benzene rings is 2. The van der Waals surface area contributed by atoms with Crippen LogP contribution >= 0.6 is 11.6 Å². The normalized spacial score (nSPS) is 12.5. The third-order valence-corrected chi connectivity index (χ3v) is 3.63. The van der Waals surface area contributed by atoms with Gasteiger partial charge < -0.3 is 15.4 Å². The van der Waals surface area contributed by atoms with Gasteiger partial charge in [-0.15, -0.1) is 0 Å². The van der Waals surface area contributed by atoms with Gasteiger partial charge in [0.2, 0.25) is 5.91 Å². The molecule has 0 aliphatic carbocycles. The predicted molar refractivity (Wildman–Crippen MR) is 84.7 cm³/mol. The lowest BCUT2D eigenvalue weighted by Crippen LogP contribution is -2.13. The second-order valence-corrected chi connectivity index (χ2v) is 5.33. The number of carbonyl (C=O) groups excluding carboxylic acids is 2. The maximum atomic E-state index is 12.4. The molecule has 1 aliphatic rings. The summed E-state index contributed by atoms with van der Waals surface area (Å²) >= 11 is 5.93. The van der Waals surface area contributed by atoms with Crippen molar-refractivity contribution in [3.05, 3.63) is 52.5 Å². The number of rotatable bonds is 3. The van der Waals surface area contributed by atoms with Crippen LogP contribution in [0.5, 0.6) is 5.75 Å². The summed E-state index contributed by atoms with van der Waals surface area (Å²) in [6.07, 6.45) is 0.319. The molecule has 0 aromatic heterocycles. The predicted octanol–water partition coefficient (Wildman–Crippen LogP) is 3.10. The van der Waals surface area contributed by atoms with Crippen LogP contribution in [0.2, 0.25) is 5.02 Å². The zero-order chi connectivity index (χ0) is 15.7. The molecule has 0 unspecified atom stereocenters. The van der Waals surface area contributed by atoms with Crippen LogP contribution in [0.4, 0.5) is 11.4 Å². The standard InChI is InChI=1S/C16H13ClN2O3/c1-22-14-5-2-10(17)8-12(14)16(21)18-11-3-4-13-9(6-11)7-15(20)19-13/h2-6,8H,7H2,1H3,(H,18,21)(H,19,20). The fourth-order valence-corrected chi connectivity index (χ4v) is 2.54. The van der Waals surface area contributed by atoms with E-state index in [-0.39, 0.29) is 11.8 Å². The second kappa shape index (κ2) is 5.69. The number of hydrogen-bond donors (Lipinski definition) is 2. The van der Waals surface area contributed by atoms with E-state index in [1.54, 1.807) is 36.4 Å². The Morgan fingerprint density at radius 3 is 2.86 bits per heavy atom. The number of carbonyl (C=O) groups is 2. The summed E-state index contributed by atoms with van der Waals surface area (Å²) in [5.41, 5.74) is 2.61. The minimum Gasteiger partial charge on any atom is -0.496 e. The van der Waals surface area contributed by atoms with E-state index in [2.05, 4.69) is 10.6 Å². The van der Waals surface area contributed by atoms with Crippen molar-refractivity contribution in [2.75, 3.05) is 17.7 Å². The molecule has 0 fully saturated rings. The Bertz CT molecular complexity index is 774. The number of ether oxygens (including phenoxy) is 1. The first-order valence-electron chi connectivity index (χ1n) is 6.64. The quantitative estimate of drug-likeness (QED) is 0.914. The van der Waals surface area contributed by atoms with E-state index in [4.69, 9.17) is 16.3 Å². The van der Waals surface area contributed by atoms with Crippen LogP contribution in [0, 0.1) is 0 Å². The molecule has 3 rings (SSSR count). The maximum absolute atomic E-state index is 12.4. The van der Waals surface area contributed by atoms with E-state index in [0.717, 1.165) is 11.3 Å². The Hall–Kier alpha value is -2.53. The molecule has 5 nitrogen and oxygen atoms in total. The fourth-order valence-electron chi connectivity index (χ4n) is 2.36. The van der Waals surface area contributed by atoms with E-state index in [1.807, 2.05) is 0 Å². The Balaban J connectivity index is 1.85.